The number of aromatic nitrogens is 2. The Bertz CT molecular complexity index is 356. The summed E-state index contributed by atoms with van der Waals surface area (Å²) in [5.41, 5.74) is 1.93. The number of hydrogen-bond acceptors (Lipinski definition) is 3. The number of rotatable bonds is 5. The van der Waals surface area contributed by atoms with Gasteiger partial charge in [-0.1, -0.05) is 6.08 Å². The van der Waals surface area contributed by atoms with Crippen LogP contribution in [-0.2, 0) is 4.79 Å². The van der Waals surface area contributed by atoms with E-state index in [9.17, 15) is 4.79 Å². The maximum atomic E-state index is 11.4. The molecular formula is C10H16N4O. The van der Waals surface area contributed by atoms with E-state index in [1.165, 1.54) is 0 Å². The van der Waals surface area contributed by atoms with Gasteiger partial charge in [0.1, 0.15) is 0 Å². The Morgan fingerprint density at radius 2 is 2.33 bits per heavy atom. The summed E-state index contributed by atoms with van der Waals surface area (Å²) in [5, 5.41) is 12.4. The molecule has 1 amide bonds. The predicted octanol–water partition coefficient (Wildman–Crippen LogP) is 0.741. The number of nitrogens with one attached hydrogen (secondary N) is 3. The van der Waals surface area contributed by atoms with Gasteiger partial charge in [0.2, 0.25) is 5.91 Å². The van der Waals surface area contributed by atoms with Crippen LogP contribution < -0.4 is 10.6 Å². The number of nitrogens with zero attached hydrogens (tertiary/aromatic N) is 1. The van der Waals surface area contributed by atoms with Crippen molar-refractivity contribution in [2.45, 2.75) is 13.8 Å². The second-order valence-corrected chi connectivity index (χ2v) is 3.29. The quantitative estimate of drug-likeness (QED) is 0.494. The van der Waals surface area contributed by atoms with Crippen molar-refractivity contribution < 1.29 is 4.79 Å². The van der Waals surface area contributed by atoms with Crippen molar-refractivity contribution in [1.82, 2.24) is 15.5 Å². The third-order valence-corrected chi connectivity index (χ3v) is 2.09. The monoisotopic (exact) mass is 208 g/mol. The summed E-state index contributed by atoms with van der Waals surface area (Å²) >= 11 is 0. The third kappa shape index (κ3) is 3.21. The van der Waals surface area contributed by atoms with Crippen molar-refractivity contribution in [3.63, 3.8) is 0 Å². The molecule has 0 aliphatic carbocycles. The summed E-state index contributed by atoms with van der Waals surface area (Å²) in [4.78, 5) is 11.4. The van der Waals surface area contributed by atoms with Crippen molar-refractivity contribution in [2.24, 2.45) is 0 Å². The molecule has 0 saturated heterocycles. The normalized spacial score (nSPS) is 10.0. The van der Waals surface area contributed by atoms with Crippen LogP contribution in [0, 0.1) is 13.8 Å². The number of aryl methyl sites for hydroxylation is 1. The summed E-state index contributed by atoms with van der Waals surface area (Å²) in [6.45, 7) is 8.24. The van der Waals surface area contributed by atoms with E-state index in [-0.39, 0.29) is 12.5 Å². The SMILES string of the molecule is C=CCNCC(=O)Nc1n[nH]c(C)c1C. The molecule has 15 heavy (non-hydrogen) atoms. The average molecular weight is 208 g/mol. The fourth-order valence-corrected chi connectivity index (χ4v) is 1.07. The highest BCUT2D eigenvalue weighted by Crippen LogP contribution is 2.12. The van der Waals surface area contributed by atoms with Crippen LogP contribution in [0.3, 0.4) is 0 Å². The van der Waals surface area contributed by atoms with Crippen LogP contribution in [0.1, 0.15) is 11.3 Å². The fraction of sp³-hybridized carbons (Fsp3) is 0.400. The first-order valence-electron chi connectivity index (χ1n) is 4.78. The van der Waals surface area contributed by atoms with Crippen molar-refractivity contribution in [1.29, 1.82) is 0 Å². The molecule has 0 bridgehead atoms. The van der Waals surface area contributed by atoms with E-state index in [0.717, 1.165) is 11.3 Å². The summed E-state index contributed by atoms with van der Waals surface area (Å²) in [6.07, 6.45) is 1.71. The second kappa shape index (κ2) is 5.31. The maximum absolute atomic E-state index is 11.4. The molecule has 1 rings (SSSR count). The summed E-state index contributed by atoms with van der Waals surface area (Å²) in [5.74, 6) is 0.490. The molecule has 5 nitrogen and oxygen atoms in total. The van der Waals surface area contributed by atoms with Crippen molar-refractivity contribution in [3.8, 4) is 0 Å². The topological polar surface area (TPSA) is 69.8 Å². The van der Waals surface area contributed by atoms with Gasteiger partial charge in [0.25, 0.3) is 0 Å². The van der Waals surface area contributed by atoms with E-state index in [4.69, 9.17) is 0 Å². The Morgan fingerprint density at radius 3 is 2.87 bits per heavy atom. The molecule has 0 aliphatic rings. The highest BCUT2D eigenvalue weighted by atomic mass is 16.2. The minimum absolute atomic E-state index is 0.105. The number of carbonyl (C=O) groups excluding carboxylic acids is 1. The smallest absolute Gasteiger partial charge is 0.239 e. The largest absolute Gasteiger partial charge is 0.308 e. The van der Waals surface area contributed by atoms with Crippen LogP contribution in [0.15, 0.2) is 12.7 Å². The molecule has 82 valence electrons. The van der Waals surface area contributed by atoms with E-state index >= 15 is 0 Å². The standard InChI is InChI=1S/C10H16N4O/c1-4-5-11-6-9(15)12-10-7(2)8(3)13-14-10/h4,11H,1,5-6H2,2-3H3,(H2,12,13,14,15). The minimum atomic E-state index is -0.105. The molecule has 1 aromatic rings. The highest BCUT2D eigenvalue weighted by Gasteiger charge is 2.08. The Kier molecular flexibility index (Phi) is 4.05. The molecule has 1 aromatic heterocycles. The first-order chi connectivity index (χ1) is 7.15. The van der Waals surface area contributed by atoms with Crippen LogP contribution in [0.2, 0.25) is 0 Å². The average Bonchev–Trinajstić information content (AvgIpc) is 2.50. The maximum Gasteiger partial charge on any atom is 0.239 e. The van der Waals surface area contributed by atoms with Gasteiger partial charge < -0.3 is 10.6 Å². The molecule has 0 spiro atoms. The fourth-order valence-electron chi connectivity index (χ4n) is 1.07. The number of carbonyl (C=O) groups is 1. The Morgan fingerprint density at radius 1 is 1.60 bits per heavy atom. The molecule has 0 aromatic carbocycles. The summed E-state index contributed by atoms with van der Waals surface area (Å²) < 4.78 is 0. The number of H-pyrrole nitrogens is 1. The lowest BCUT2D eigenvalue weighted by Gasteiger charge is -2.03. The van der Waals surface area contributed by atoms with Gasteiger partial charge in [0.05, 0.1) is 6.54 Å². The van der Waals surface area contributed by atoms with Crippen molar-refractivity contribution in [2.75, 3.05) is 18.4 Å². The van der Waals surface area contributed by atoms with Gasteiger partial charge in [-0.25, -0.2) is 0 Å². The molecule has 0 atom stereocenters. The summed E-state index contributed by atoms with van der Waals surface area (Å²) in [6, 6.07) is 0. The molecule has 0 aliphatic heterocycles. The van der Waals surface area contributed by atoms with E-state index in [1.54, 1.807) is 6.08 Å². The van der Waals surface area contributed by atoms with Crippen LogP contribution in [0.5, 0.6) is 0 Å². The first-order valence-corrected chi connectivity index (χ1v) is 4.78. The number of amides is 1. The first kappa shape index (κ1) is 11.5. The Balaban J connectivity index is 2.44. The van der Waals surface area contributed by atoms with Crippen LogP contribution in [0.4, 0.5) is 5.82 Å². The van der Waals surface area contributed by atoms with E-state index in [2.05, 4.69) is 27.4 Å². The Labute approximate surface area is 89.0 Å². The van der Waals surface area contributed by atoms with E-state index in [1.807, 2.05) is 13.8 Å². The van der Waals surface area contributed by atoms with Gasteiger partial charge in [0, 0.05) is 17.8 Å². The van der Waals surface area contributed by atoms with Crippen LogP contribution in [0.25, 0.3) is 0 Å². The van der Waals surface area contributed by atoms with Gasteiger partial charge in [-0.3, -0.25) is 9.89 Å². The molecule has 0 saturated carbocycles. The zero-order valence-electron chi connectivity index (χ0n) is 9.05. The predicted molar refractivity (Wildman–Crippen MR) is 59.8 cm³/mol. The zero-order valence-corrected chi connectivity index (χ0v) is 9.05. The Hall–Kier alpha value is -1.62. The molecule has 0 fully saturated rings. The second-order valence-electron chi connectivity index (χ2n) is 3.29. The molecule has 0 radical (unpaired) electrons. The van der Waals surface area contributed by atoms with Crippen molar-refractivity contribution >= 4 is 11.7 Å². The minimum Gasteiger partial charge on any atom is -0.308 e. The highest BCUT2D eigenvalue weighted by molar-refractivity contribution is 5.92. The van der Waals surface area contributed by atoms with Crippen molar-refractivity contribution in [3.05, 3.63) is 23.9 Å². The zero-order chi connectivity index (χ0) is 11.3. The van der Waals surface area contributed by atoms with Crippen LogP contribution in [-0.4, -0.2) is 29.2 Å². The van der Waals surface area contributed by atoms with Gasteiger partial charge in [0.15, 0.2) is 5.82 Å². The molecule has 1 heterocycles. The number of hydrogen-bond donors (Lipinski definition) is 3. The lowest BCUT2D eigenvalue weighted by molar-refractivity contribution is -0.115. The van der Waals surface area contributed by atoms with E-state index in [0.29, 0.717) is 12.4 Å². The summed E-state index contributed by atoms with van der Waals surface area (Å²) in [7, 11) is 0. The van der Waals surface area contributed by atoms with Gasteiger partial charge in [-0.2, -0.15) is 5.10 Å². The lowest BCUT2D eigenvalue weighted by Crippen LogP contribution is -2.28. The van der Waals surface area contributed by atoms with Gasteiger partial charge in [-0.15, -0.1) is 6.58 Å². The van der Waals surface area contributed by atoms with Gasteiger partial charge in [-0.05, 0) is 13.8 Å². The molecule has 0 unspecified atom stereocenters. The lowest BCUT2D eigenvalue weighted by atomic mass is 10.3. The molecule has 3 N–H and O–H groups in total. The molecular weight excluding hydrogens is 192 g/mol. The van der Waals surface area contributed by atoms with E-state index < -0.39 is 0 Å². The number of anilines is 1. The third-order valence-electron chi connectivity index (χ3n) is 2.09. The van der Waals surface area contributed by atoms with Crippen LogP contribution >= 0.6 is 0 Å². The number of aromatic amines is 1. The molecule has 5 heteroatoms. The van der Waals surface area contributed by atoms with Gasteiger partial charge >= 0.3 is 0 Å².